The van der Waals surface area contributed by atoms with Crippen LogP contribution in [0.4, 0.5) is 4.79 Å². The van der Waals surface area contributed by atoms with Gasteiger partial charge in [-0.25, -0.2) is 9.78 Å². The zero-order valence-electron chi connectivity index (χ0n) is 11.8. The van der Waals surface area contributed by atoms with Gasteiger partial charge in [0.05, 0.1) is 12.6 Å². The number of aromatic nitrogens is 3. The van der Waals surface area contributed by atoms with Gasteiger partial charge in [0.15, 0.2) is 5.82 Å². The topological polar surface area (TPSA) is 92.1 Å². The Hall–Kier alpha value is -1.83. The van der Waals surface area contributed by atoms with Gasteiger partial charge in [-0.15, -0.1) is 0 Å². The van der Waals surface area contributed by atoms with Crippen LogP contribution in [0.25, 0.3) is 0 Å². The quantitative estimate of drug-likeness (QED) is 0.769. The lowest BCUT2D eigenvalue weighted by Gasteiger charge is -2.14. The molecule has 1 heterocycles. The van der Waals surface area contributed by atoms with Gasteiger partial charge in [-0.3, -0.25) is 4.68 Å². The van der Waals surface area contributed by atoms with Gasteiger partial charge in [0.25, 0.3) is 0 Å². The number of rotatable bonds is 5. The van der Waals surface area contributed by atoms with Gasteiger partial charge in [-0.1, -0.05) is 29.3 Å². The third-order valence-corrected chi connectivity index (χ3v) is 3.39. The van der Waals surface area contributed by atoms with E-state index in [0.29, 0.717) is 21.4 Å². The second-order valence-corrected chi connectivity index (χ2v) is 5.42. The fraction of sp³-hybridized carbons (Fsp3) is 0.308. The maximum absolute atomic E-state index is 11.6. The largest absolute Gasteiger partial charge is 0.387 e. The monoisotopic (exact) mass is 343 g/mol. The van der Waals surface area contributed by atoms with E-state index in [1.54, 1.807) is 30.2 Å². The Labute approximate surface area is 137 Å². The number of aliphatic hydroxyl groups is 1. The lowest BCUT2D eigenvalue weighted by Crippen LogP contribution is -2.37. The summed E-state index contributed by atoms with van der Waals surface area (Å²) < 4.78 is 1.54. The number of amides is 2. The maximum atomic E-state index is 11.6. The van der Waals surface area contributed by atoms with Gasteiger partial charge < -0.3 is 15.7 Å². The SMILES string of the molecule is Cn1cnc(CNC(=O)NCC(O)c2ccc(Cl)cc2Cl)n1. The van der Waals surface area contributed by atoms with E-state index in [1.807, 2.05) is 0 Å². The van der Waals surface area contributed by atoms with Gasteiger partial charge in [0, 0.05) is 29.2 Å². The van der Waals surface area contributed by atoms with Crippen LogP contribution < -0.4 is 10.6 Å². The summed E-state index contributed by atoms with van der Waals surface area (Å²) in [6.07, 6.45) is 0.616. The summed E-state index contributed by atoms with van der Waals surface area (Å²) in [7, 11) is 1.74. The van der Waals surface area contributed by atoms with Crippen molar-refractivity contribution < 1.29 is 9.90 Å². The van der Waals surface area contributed by atoms with Crippen molar-refractivity contribution in [3.8, 4) is 0 Å². The van der Waals surface area contributed by atoms with E-state index in [0.717, 1.165) is 0 Å². The van der Waals surface area contributed by atoms with Crippen molar-refractivity contribution in [3.63, 3.8) is 0 Å². The molecule has 1 atom stereocenters. The molecule has 0 radical (unpaired) electrons. The third-order valence-electron chi connectivity index (χ3n) is 2.83. The summed E-state index contributed by atoms with van der Waals surface area (Å²) in [6, 6.07) is 4.34. The highest BCUT2D eigenvalue weighted by atomic mass is 35.5. The normalized spacial score (nSPS) is 12.0. The Balaban J connectivity index is 1.80. The van der Waals surface area contributed by atoms with Crippen LogP contribution in [-0.4, -0.2) is 32.4 Å². The molecule has 9 heteroatoms. The number of aryl methyl sites for hydroxylation is 1. The van der Waals surface area contributed by atoms with E-state index < -0.39 is 12.1 Å². The first-order valence-electron chi connectivity index (χ1n) is 6.45. The Bertz CT molecular complexity index is 662. The number of aliphatic hydroxyl groups excluding tert-OH is 1. The molecule has 0 spiro atoms. The summed E-state index contributed by atoms with van der Waals surface area (Å²) >= 11 is 11.8. The fourth-order valence-electron chi connectivity index (χ4n) is 1.76. The Morgan fingerprint density at radius 3 is 2.82 bits per heavy atom. The lowest BCUT2D eigenvalue weighted by atomic mass is 10.1. The number of carbonyl (C=O) groups excluding carboxylic acids is 1. The Morgan fingerprint density at radius 1 is 1.41 bits per heavy atom. The minimum atomic E-state index is -0.927. The van der Waals surface area contributed by atoms with Crippen molar-refractivity contribution in [2.45, 2.75) is 12.6 Å². The van der Waals surface area contributed by atoms with Gasteiger partial charge in [0.1, 0.15) is 6.33 Å². The summed E-state index contributed by atoms with van der Waals surface area (Å²) in [4.78, 5) is 15.6. The van der Waals surface area contributed by atoms with Crippen molar-refractivity contribution in [2.24, 2.45) is 7.05 Å². The van der Waals surface area contributed by atoms with Crippen molar-refractivity contribution in [2.75, 3.05) is 6.54 Å². The van der Waals surface area contributed by atoms with E-state index in [-0.39, 0.29) is 13.1 Å². The summed E-state index contributed by atoms with van der Waals surface area (Å²) in [6.45, 7) is 0.216. The van der Waals surface area contributed by atoms with Crippen LogP contribution in [0.15, 0.2) is 24.5 Å². The molecule has 118 valence electrons. The Kier molecular flexibility index (Phi) is 5.59. The summed E-state index contributed by atoms with van der Waals surface area (Å²) in [5, 5.41) is 20.0. The van der Waals surface area contributed by atoms with Crippen molar-refractivity contribution in [1.82, 2.24) is 25.4 Å². The molecule has 2 aromatic rings. The Morgan fingerprint density at radius 2 is 2.18 bits per heavy atom. The highest BCUT2D eigenvalue weighted by Crippen LogP contribution is 2.25. The number of carbonyl (C=O) groups is 1. The van der Waals surface area contributed by atoms with Gasteiger partial charge in [-0.05, 0) is 12.1 Å². The molecule has 0 saturated carbocycles. The molecule has 0 fully saturated rings. The highest BCUT2D eigenvalue weighted by molar-refractivity contribution is 6.35. The molecule has 0 aliphatic rings. The van der Waals surface area contributed by atoms with Gasteiger partial charge in [0.2, 0.25) is 0 Å². The summed E-state index contributed by atoms with van der Waals surface area (Å²) in [5.74, 6) is 0.499. The lowest BCUT2D eigenvalue weighted by molar-refractivity contribution is 0.173. The van der Waals surface area contributed by atoms with Crippen LogP contribution in [0.2, 0.25) is 10.0 Å². The van der Waals surface area contributed by atoms with E-state index >= 15 is 0 Å². The number of halogens is 2. The van der Waals surface area contributed by atoms with Crippen LogP contribution in [-0.2, 0) is 13.6 Å². The molecule has 7 nitrogen and oxygen atoms in total. The molecule has 3 N–H and O–H groups in total. The number of nitrogens with zero attached hydrogens (tertiary/aromatic N) is 3. The number of hydrogen-bond donors (Lipinski definition) is 3. The van der Waals surface area contributed by atoms with Crippen LogP contribution in [0.3, 0.4) is 0 Å². The average Bonchev–Trinajstić information content (AvgIpc) is 2.88. The van der Waals surface area contributed by atoms with E-state index in [2.05, 4.69) is 20.7 Å². The number of hydrogen-bond acceptors (Lipinski definition) is 4. The van der Waals surface area contributed by atoms with Gasteiger partial charge >= 0.3 is 6.03 Å². The number of nitrogens with one attached hydrogen (secondary N) is 2. The van der Waals surface area contributed by atoms with E-state index in [4.69, 9.17) is 23.2 Å². The zero-order valence-corrected chi connectivity index (χ0v) is 13.3. The first-order chi connectivity index (χ1) is 10.5. The minimum absolute atomic E-state index is 0.0167. The molecular formula is C13H15Cl2N5O2. The molecule has 2 rings (SSSR count). The van der Waals surface area contributed by atoms with E-state index in [1.165, 1.54) is 6.07 Å². The van der Waals surface area contributed by atoms with Crippen LogP contribution in [0.5, 0.6) is 0 Å². The molecule has 1 unspecified atom stereocenters. The first-order valence-corrected chi connectivity index (χ1v) is 7.20. The molecule has 1 aromatic carbocycles. The molecule has 0 bridgehead atoms. The molecule has 0 saturated heterocycles. The van der Waals surface area contributed by atoms with E-state index in [9.17, 15) is 9.90 Å². The third kappa shape index (κ3) is 4.59. The molecule has 2 amide bonds. The predicted molar refractivity (Wildman–Crippen MR) is 82.7 cm³/mol. The number of urea groups is 1. The average molecular weight is 344 g/mol. The standard InChI is InChI=1S/C13H15Cl2N5O2/c1-20-7-18-12(19-20)6-17-13(22)16-5-11(21)9-3-2-8(14)4-10(9)15/h2-4,7,11,21H,5-6H2,1H3,(H2,16,17,22). The van der Waals surface area contributed by atoms with Crippen LogP contribution in [0, 0.1) is 0 Å². The molecule has 22 heavy (non-hydrogen) atoms. The zero-order chi connectivity index (χ0) is 16.1. The molecular weight excluding hydrogens is 329 g/mol. The van der Waals surface area contributed by atoms with Crippen molar-refractivity contribution in [1.29, 1.82) is 0 Å². The fourth-order valence-corrected chi connectivity index (χ4v) is 2.29. The first kappa shape index (κ1) is 16.5. The summed E-state index contributed by atoms with van der Waals surface area (Å²) in [5.41, 5.74) is 0.498. The highest BCUT2D eigenvalue weighted by Gasteiger charge is 2.13. The predicted octanol–water partition coefficient (Wildman–Crippen LogP) is 1.65. The smallest absolute Gasteiger partial charge is 0.315 e. The van der Waals surface area contributed by atoms with Crippen LogP contribution >= 0.6 is 23.2 Å². The minimum Gasteiger partial charge on any atom is -0.387 e. The van der Waals surface area contributed by atoms with Crippen LogP contribution in [0.1, 0.15) is 17.5 Å². The van der Waals surface area contributed by atoms with Crippen molar-refractivity contribution >= 4 is 29.2 Å². The molecule has 1 aromatic heterocycles. The maximum Gasteiger partial charge on any atom is 0.315 e. The molecule has 0 aliphatic carbocycles. The second kappa shape index (κ2) is 7.44. The molecule has 0 aliphatic heterocycles. The van der Waals surface area contributed by atoms with Crippen molar-refractivity contribution in [3.05, 3.63) is 46.0 Å². The second-order valence-electron chi connectivity index (χ2n) is 4.58. The van der Waals surface area contributed by atoms with Gasteiger partial charge in [-0.2, -0.15) is 5.10 Å². The number of benzene rings is 1.